The predicted molar refractivity (Wildman–Crippen MR) is 122 cm³/mol. The lowest BCUT2D eigenvalue weighted by Crippen LogP contribution is -2.42. The number of anilines is 1. The van der Waals surface area contributed by atoms with Crippen molar-refractivity contribution < 1.29 is 8.42 Å². The van der Waals surface area contributed by atoms with Gasteiger partial charge < -0.3 is 5.32 Å². The van der Waals surface area contributed by atoms with Crippen molar-refractivity contribution in [2.75, 3.05) is 18.4 Å². The Labute approximate surface area is 183 Å². The molecule has 1 saturated heterocycles. The molecule has 0 spiro atoms. The molecule has 2 aromatic heterocycles. The molecule has 1 aliphatic heterocycles. The number of nitrogens with one attached hydrogen (secondary N) is 1. The number of aryl methyl sites for hydroxylation is 1. The van der Waals surface area contributed by atoms with Crippen LogP contribution in [0.3, 0.4) is 0 Å². The van der Waals surface area contributed by atoms with Gasteiger partial charge in [0.15, 0.2) is 5.82 Å². The molecule has 0 aliphatic carbocycles. The van der Waals surface area contributed by atoms with E-state index in [0.717, 1.165) is 42.0 Å². The Morgan fingerprint density at radius 2 is 1.77 bits per heavy atom. The van der Waals surface area contributed by atoms with E-state index in [9.17, 15) is 8.42 Å². The monoisotopic (exact) mass is 437 g/mol. The molecule has 31 heavy (non-hydrogen) atoms. The van der Waals surface area contributed by atoms with E-state index in [4.69, 9.17) is 0 Å². The number of rotatable bonds is 7. The third kappa shape index (κ3) is 5.45. The van der Waals surface area contributed by atoms with Gasteiger partial charge in [-0.25, -0.2) is 22.7 Å². The van der Waals surface area contributed by atoms with E-state index in [2.05, 4.69) is 27.2 Å². The second kappa shape index (κ2) is 9.53. The first kappa shape index (κ1) is 21.4. The van der Waals surface area contributed by atoms with Gasteiger partial charge in [0.1, 0.15) is 11.5 Å². The first-order chi connectivity index (χ1) is 15.0. The van der Waals surface area contributed by atoms with Crippen LogP contribution in [0, 0.1) is 0 Å². The summed E-state index contributed by atoms with van der Waals surface area (Å²) < 4.78 is 27.2. The Balaban J connectivity index is 1.41. The number of aromatic nitrogens is 3. The SMILES string of the molecule is CCc1cc(NC2CCN(S(=O)(=O)Cc3ccccc3)CC2)nc(-c2ccccn2)n1. The van der Waals surface area contributed by atoms with Crippen molar-refractivity contribution >= 4 is 15.8 Å². The van der Waals surface area contributed by atoms with Gasteiger partial charge in [-0.3, -0.25) is 4.98 Å². The third-order valence-corrected chi connectivity index (χ3v) is 7.28. The van der Waals surface area contributed by atoms with Gasteiger partial charge in [-0.05, 0) is 37.0 Å². The summed E-state index contributed by atoms with van der Waals surface area (Å²) in [6.45, 7) is 3.07. The van der Waals surface area contributed by atoms with Crippen molar-refractivity contribution in [3.05, 3.63) is 72.1 Å². The lowest BCUT2D eigenvalue weighted by Gasteiger charge is -2.32. The highest BCUT2D eigenvalue weighted by Gasteiger charge is 2.28. The lowest BCUT2D eigenvalue weighted by atomic mass is 10.1. The molecule has 0 atom stereocenters. The van der Waals surface area contributed by atoms with Gasteiger partial charge in [0.25, 0.3) is 0 Å². The van der Waals surface area contributed by atoms with Crippen molar-refractivity contribution in [1.82, 2.24) is 19.3 Å². The summed E-state index contributed by atoms with van der Waals surface area (Å²) >= 11 is 0. The average Bonchev–Trinajstić information content (AvgIpc) is 2.80. The van der Waals surface area contributed by atoms with Gasteiger partial charge in [0, 0.05) is 37.1 Å². The number of hydrogen-bond donors (Lipinski definition) is 1. The largest absolute Gasteiger partial charge is 0.367 e. The molecule has 8 heteroatoms. The maximum Gasteiger partial charge on any atom is 0.218 e. The Morgan fingerprint density at radius 3 is 2.45 bits per heavy atom. The summed E-state index contributed by atoms with van der Waals surface area (Å²) in [5.41, 5.74) is 2.50. The standard InChI is InChI=1S/C23H27N5O2S/c1-2-19-16-22(27-23(26-19)21-10-6-7-13-24-21)25-20-11-14-28(15-12-20)31(29,30)17-18-8-4-3-5-9-18/h3-10,13,16,20H,2,11-12,14-15,17H2,1H3,(H,25,26,27). The molecule has 7 nitrogen and oxygen atoms in total. The maximum atomic E-state index is 12.8. The number of piperidine rings is 1. The zero-order chi connectivity index (χ0) is 21.7. The second-order valence-corrected chi connectivity index (χ2v) is 9.67. The van der Waals surface area contributed by atoms with Crippen LogP contribution in [-0.2, 0) is 22.2 Å². The second-order valence-electron chi connectivity index (χ2n) is 7.70. The Kier molecular flexibility index (Phi) is 6.58. The molecule has 0 amide bonds. The summed E-state index contributed by atoms with van der Waals surface area (Å²) in [7, 11) is -3.31. The Hall–Kier alpha value is -2.84. The first-order valence-corrected chi connectivity index (χ1v) is 12.2. The molecule has 3 heterocycles. The van der Waals surface area contributed by atoms with Gasteiger partial charge in [-0.1, -0.05) is 43.3 Å². The smallest absolute Gasteiger partial charge is 0.218 e. The van der Waals surface area contributed by atoms with E-state index in [1.54, 1.807) is 10.5 Å². The molecule has 4 rings (SSSR count). The van der Waals surface area contributed by atoms with Crippen molar-refractivity contribution in [3.63, 3.8) is 0 Å². The number of hydrogen-bond acceptors (Lipinski definition) is 6. The maximum absolute atomic E-state index is 12.8. The molecule has 0 radical (unpaired) electrons. The van der Waals surface area contributed by atoms with Gasteiger partial charge in [0.2, 0.25) is 10.0 Å². The Bertz CT molecular complexity index is 1100. The number of benzene rings is 1. The fourth-order valence-electron chi connectivity index (χ4n) is 3.73. The minimum absolute atomic E-state index is 0.0468. The van der Waals surface area contributed by atoms with E-state index in [1.807, 2.05) is 54.6 Å². The zero-order valence-corrected chi connectivity index (χ0v) is 18.4. The predicted octanol–water partition coefficient (Wildman–Crippen LogP) is 3.51. The summed E-state index contributed by atoms with van der Waals surface area (Å²) in [5.74, 6) is 1.41. The first-order valence-electron chi connectivity index (χ1n) is 10.6. The van der Waals surface area contributed by atoms with Crippen LogP contribution in [0.4, 0.5) is 5.82 Å². The summed E-state index contributed by atoms with van der Waals surface area (Å²) in [5, 5.41) is 3.49. The molecule has 1 aliphatic rings. The van der Waals surface area contributed by atoms with E-state index >= 15 is 0 Å². The highest BCUT2D eigenvalue weighted by Crippen LogP contribution is 2.22. The molecular formula is C23H27N5O2S. The van der Waals surface area contributed by atoms with Gasteiger partial charge >= 0.3 is 0 Å². The molecule has 0 bridgehead atoms. The van der Waals surface area contributed by atoms with E-state index in [-0.39, 0.29) is 11.8 Å². The van der Waals surface area contributed by atoms with Crippen LogP contribution < -0.4 is 5.32 Å². The molecule has 1 aromatic carbocycles. The van der Waals surface area contributed by atoms with Crippen molar-refractivity contribution in [2.24, 2.45) is 0 Å². The molecule has 1 fully saturated rings. The lowest BCUT2D eigenvalue weighted by molar-refractivity contribution is 0.329. The van der Waals surface area contributed by atoms with Crippen LogP contribution in [0.5, 0.6) is 0 Å². The van der Waals surface area contributed by atoms with Crippen molar-refractivity contribution in [1.29, 1.82) is 0 Å². The van der Waals surface area contributed by atoms with Crippen LogP contribution in [0.15, 0.2) is 60.8 Å². The number of pyridine rings is 1. The van der Waals surface area contributed by atoms with Crippen LogP contribution in [-0.4, -0.2) is 46.8 Å². The van der Waals surface area contributed by atoms with Gasteiger partial charge in [0.05, 0.1) is 5.75 Å². The van der Waals surface area contributed by atoms with E-state index in [1.165, 1.54) is 0 Å². The minimum Gasteiger partial charge on any atom is -0.367 e. The van der Waals surface area contributed by atoms with E-state index in [0.29, 0.717) is 18.9 Å². The highest BCUT2D eigenvalue weighted by molar-refractivity contribution is 7.88. The fraction of sp³-hybridized carbons (Fsp3) is 0.348. The zero-order valence-electron chi connectivity index (χ0n) is 17.6. The van der Waals surface area contributed by atoms with Crippen molar-refractivity contribution in [2.45, 2.75) is 38.0 Å². The quantitative estimate of drug-likeness (QED) is 0.609. The number of sulfonamides is 1. The molecule has 3 aromatic rings. The molecule has 1 N–H and O–H groups in total. The van der Waals surface area contributed by atoms with Crippen LogP contribution in [0.1, 0.15) is 31.0 Å². The third-order valence-electron chi connectivity index (χ3n) is 5.43. The topological polar surface area (TPSA) is 88.1 Å². The minimum atomic E-state index is -3.31. The van der Waals surface area contributed by atoms with Gasteiger partial charge in [-0.15, -0.1) is 0 Å². The van der Waals surface area contributed by atoms with Crippen LogP contribution >= 0.6 is 0 Å². The normalized spacial score (nSPS) is 15.6. The number of nitrogens with zero attached hydrogens (tertiary/aromatic N) is 4. The molecule has 0 saturated carbocycles. The van der Waals surface area contributed by atoms with Crippen molar-refractivity contribution in [3.8, 4) is 11.5 Å². The van der Waals surface area contributed by atoms with Crippen LogP contribution in [0.2, 0.25) is 0 Å². The molecular weight excluding hydrogens is 410 g/mol. The average molecular weight is 438 g/mol. The van der Waals surface area contributed by atoms with Crippen LogP contribution in [0.25, 0.3) is 11.5 Å². The fourth-order valence-corrected chi connectivity index (χ4v) is 5.29. The Morgan fingerprint density at radius 1 is 1.03 bits per heavy atom. The molecule has 0 unspecified atom stereocenters. The molecule has 162 valence electrons. The summed E-state index contributed by atoms with van der Waals surface area (Å²) in [4.78, 5) is 13.6. The van der Waals surface area contributed by atoms with E-state index < -0.39 is 10.0 Å². The van der Waals surface area contributed by atoms with Gasteiger partial charge in [-0.2, -0.15) is 0 Å². The highest BCUT2D eigenvalue weighted by atomic mass is 32.2. The summed E-state index contributed by atoms with van der Waals surface area (Å²) in [6.07, 6.45) is 4.00. The summed E-state index contributed by atoms with van der Waals surface area (Å²) in [6, 6.07) is 17.1.